The normalized spacial score (nSPS) is 10.1. The second-order valence-electron chi connectivity index (χ2n) is 3.14. The first-order valence-electron chi connectivity index (χ1n) is 5.06. The largest absolute Gasteiger partial charge is 0.382 e. The summed E-state index contributed by atoms with van der Waals surface area (Å²) in [5.41, 5.74) is 0.827. The Morgan fingerprint density at radius 3 is 3.00 bits per heavy atom. The highest BCUT2D eigenvalue weighted by molar-refractivity contribution is 5.77. The first kappa shape index (κ1) is 12.6. The van der Waals surface area contributed by atoms with Gasteiger partial charge in [0.15, 0.2) is 0 Å². The number of aromatic nitrogens is 1. The Morgan fingerprint density at radius 2 is 2.31 bits per heavy atom. The molecule has 0 spiro atoms. The summed E-state index contributed by atoms with van der Waals surface area (Å²) in [6, 6.07) is 5.56. The Labute approximate surface area is 94.8 Å². The van der Waals surface area contributed by atoms with Crippen molar-refractivity contribution in [3.05, 3.63) is 30.1 Å². The molecule has 0 aliphatic heterocycles. The minimum Gasteiger partial charge on any atom is -0.382 e. The van der Waals surface area contributed by atoms with Gasteiger partial charge in [-0.25, -0.2) is 0 Å². The molecule has 5 nitrogen and oxygen atoms in total. The monoisotopic (exact) mass is 224 g/mol. The molecule has 0 bridgehead atoms. The second kappa shape index (κ2) is 7.78. The molecule has 0 fully saturated rings. The summed E-state index contributed by atoms with van der Waals surface area (Å²) in [7, 11) is 1.59. The van der Waals surface area contributed by atoms with E-state index in [0.29, 0.717) is 19.8 Å². The van der Waals surface area contributed by atoms with Crippen LogP contribution >= 0.6 is 0 Å². The Morgan fingerprint density at radius 1 is 1.44 bits per heavy atom. The van der Waals surface area contributed by atoms with Crippen LogP contribution in [-0.4, -0.2) is 37.8 Å². The van der Waals surface area contributed by atoms with Gasteiger partial charge in [0, 0.05) is 13.3 Å². The number of hydrogen-bond acceptors (Lipinski definition) is 4. The van der Waals surface area contributed by atoms with Crippen molar-refractivity contribution in [2.24, 2.45) is 0 Å². The van der Waals surface area contributed by atoms with Crippen molar-refractivity contribution in [2.75, 3.05) is 26.9 Å². The summed E-state index contributed by atoms with van der Waals surface area (Å²) in [6.45, 7) is 1.39. The summed E-state index contributed by atoms with van der Waals surface area (Å²) in [5.74, 6) is -0.151. The van der Waals surface area contributed by atoms with E-state index >= 15 is 0 Å². The lowest BCUT2D eigenvalue weighted by molar-refractivity contribution is -0.126. The van der Waals surface area contributed by atoms with Crippen molar-refractivity contribution in [1.29, 1.82) is 0 Å². The van der Waals surface area contributed by atoms with Gasteiger partial charge < -0.3 is 14.8 Å². The van der Waals surface area contributed by atoms with Crippen LogP contribution in [0, 0.1) is 0 Å². The molecule has 0 saturated carbocycles. The zero-order chi connectivity index (χ0) is 11.6. The molecule has 1 aromatic heterocycles. The fraction of sp³-hybridized carbons (Fsp3) is 0.455. The number of nitrogens with one attached hydrogen (secondary N) is 1. The van der Waals surface area contributed by atoms with Gasteiger partial charge >= 0.3 is 0 Å². The number of methoxy groups -OCH3 is 1. The molecule has 1 amide bonds. The van der Waals surface area contributed by atoms with Gasteiger partial charge in [-0.1, -0.05) is 6.07 Å². The number of rotatable bonds is 7. The molecule has 5 heteroatoms. The van der Waals surface area contributed by atoms with Crippen LogP contribution in [-0.2, 0) is 20.8 Å². The molecule has 0 aliphatic carbocycles. The maximum absolute atomic E-state index is 11.3. The fourth-order valence-corrected chi connectivity index (χ4v) is 1.05. The lowest BCUT2D eigenvalue weighted by Gasteiger charge is -2.05. The molecule has 1 heterocycles. The standard InChI is InChI=1S/C11H16N2O3/c1-15-6-7-16-9-11(14)13-8-10-4-2-3-5-12-10/h2-5H,6-9H2,1H3,(H,13,14). The predicted octanol–water partition coefficient (Wildman–Crippen LogP) is 0.361. The smallest absolute Gasteiger partial charge is 0.246 e. The molecular weight excluding hydrogens is 208 g/mol. The zero-order valence-electron chi connectivity index (χ0n) is 9.31. The molecule has 1 N–H and O–H groups in total. The summed E-state index contributed by atoms with van der Waals surface area (Å²) >= 11 is 0. The Bertz CT molecular complexity index is 303. The van der Waals surface area contributed by atoms with E-state index < -0.39 is 0 Å². The molecule has 1 rings (SSSR count). The maximum Gasteiger partial charge on any atom is 0.246 e. The predicted molar refractivity (Wildman–Crippen MR) is 58.8 cm³/mol. The molecule has 0 unspecified atom stereocenters. The highest BCUT2D eigenvalue weighted by Gasteiger charge is 2.01. The van der Waals surface area contributed by atoms with Crippen LogP contribution < -0.4 is 5.32 Å². The van der Waals surface area contributed by atoms with Crippen LogP contribution in [0.25, 0.3) is 0 Å². The van der Waals surface area contributed by atoms with E-state index in [2.05, 4.69) is 10.3 Å². The van der Waals surface area contributed by atoms with Crippen molar-refractivity contribution in [1.82, 2.24) is 10.3 Å². The summed E-state index contributed by atoms with van der Waals surface area (Å²) in [4.78, 5) is 15.4. The minimum absolute atomic E-state index is 0.0518. The molecular formula is C11H16N2O3. The van der Waals surface area contributed by atoms with Crippen LogP contribution in [0.5, 0.6) is 0 Å². The van der Waals surface area contributed by atoms with Gasteiger partial charge in [0.1, 0.15) is 6.61 Å². The number of nitrogens with zero attached hydrogens (tertiary/aromatic N) is 1. The molecule has 16 heavy (non-hydrogen) atoms. The minimum atomic E-state index is -0.151. The quantitative estimate of drug-likeness (QED) is 0.679. The summed E-state index contributed by atoms with van der Waals surface area (Å²) in [5, 5.41) is 2.71. The zero-order valence-corrected chi connectivity index (χ0v) is 9.31. The van der Waals surface area contributed by atoms with E-state index in [1.54, 1.807) is 13.3 Å². The average Bonchev–Trinajstić information content (AvgIpc) is 2.33. The van der Waals surface area contributed by atoms with E-state index in [0.717, 1.165) is 5.69 Å². The summed E-state index contributed by atoms with van der Waals surface area (Å²) < 4.78 is 9.85. The van der Waals surface area contributed by atoms with E-state index in [-0.39, 0.29) is 12.5 Å². The molecule has 0 saturated heterocycles. The van der Waals surface area contributed by atoms with E-state index in [4.69, 9.17) is 9.47 Å². The van der Waals surface area contributed by atoms with E-state index in [9.17, 15) is 4.79 Å². The molecule has 0 aliphatic rings. The van der Waals surface area contributed by atoms with E-state index in [1.165, 1.54) is 0 Å². The van der Waals surface area contributed by atoms with Crippen molar-refractivity contribution >= 4 is 5.91 Å². The third kappa shape index (κ3) is 5.43. The van der Waals surface area contributed by atoms with Crippen LogP contribution in [0.2, 0.25) is 0 Å². The SMILES string of the molecule is COCCOCC(=O)NCc1ccccn1. The van der Waals surface area contributed by atoms with Crippen molar-refractivity contribution in [2.45, 2.75) is 6.54 Å². The maximum atomic E-state index is 11.3. The first-order valence-corrected chi connectivity index (χ1v) is 5.06. The molecule has 0 aromatic carbocycles. The topological polar surface area (TPSA) is 60.5 Å². The molecule has 0 atom stereocenters. The fourth-order valence-electron chi connectivity index (χ4n) is 1.05. The average molecular weight is 224 g/mol. The second-order valence-corrected chi connectivity index (χ2v) is 3.14. The van der Waals surface area contributed by atoms with Crippen LogP contribution in [0.4, 0.5) is 0 Å². The lowest BCUT2D eigenvalue weighted by Crippen LogP contribution is -2.28. The number of ether oxygens (including phenoxy) is 2. The highest BCUT2D eigenvalue weighted by Crippen LogP contribution is 1.91. The number of carbonyl (C=O) groups excluding carboxylic acids is 1. The number of carbonyl (C=O) groups is 1. The molecule has 88 valence electrons. The molecule has 0 radical (unpaired) electrons. The Balaban J connectivity index is 2.11. The number of hydrogen-bond donors (Lipinski definition) is 1. The molecule has 1 aromatic rings. The van der Waals surface area contributed by atoms with Crippen LogP contribution in [0.15, 0.2) is 24.4 Å². The van der Waals surface area contributed by atoms with Gasteiger partial charge in [0.25, 0.3) is 0 Å². The summed E-state index contributed by atoms with van der Waals surface area (Å²) in [6.07, 6.45) is 1.69. The van der Waals surface area contributed by atoms with Crippen LogP contribution in [0.3, 0.4) is 0 Å². The van der Waals surface area contributed by atoms with Gasteiger partial charge in [-0.3, -0.25) is 9.78 Å². The number of amides is 1. The van der Waals surface area contributed by atoms with Crippen molar-refractivity contribution in [3.63, 3.8) is 0 Å². The van der Waals surface area contributed by atoms with Crippen LogP contribution in [0.1, 0.15) is 5.69 Å². The Hall–Kier alpha value is -1.46. The van der Waals surface area contributed by atoms with Gasteiger partial charge in [-0.15, -0.1) is 0 Å². The van der Waals surface area contributed by atoms with Crippen molar-refractivity contribution < 1.29 is 14.3 Å². The van der Waals surface area contributed by atoms with Gasteiger partial charge in [0.2, 0.25) is 5.91 Å². The van der Waals surface area contributed by atoms with Gasteiger partial charge in [-0.05, 0) is 12.1 Å². The highest BCUT2D eigenvalue weighted by atomic mass is 16.5. The number of pyridine rings is 1. The third-order valence-corrected chi connectivity index (χ3v) is 1.86. The third-order valence-electron chi connectivity index (χ3n) is 1.86. The first-order chi connectivity index (χ1) is 7.83. The van der Waals surface area contributed by atoms with E-state index in [1.807, 2.05) is 18.2 Å². The van der Waals surface area contributed by atoms with Gasteiger partial charge in [0.05, 0.1) is 25.5 Å². The lowest BCUT2D eigenvalue weighted by atomic mass is 10.3. The Kier molecular flexibility index (Phi) is 6.13. The van der Waals surface area contributed by atoms with Crippen molar-refractivity contribution in [3.8, 4) is 0 Å². The van der Waals surface area contributed by atoms with Gasteiger partial charge in [-0.2, -0.15) is 0 Å².